The highest BCUT2D eigenvalue weighted by Crippen LogP contribution is 2.53. The van der Waals surface area contributed by atoms with Gasteiger partial charge < -0.3 is 5.32 Å². The van der Waals surface area contributed by atoms with Gasteiger partial charge in [0.2, 0.25) is 0 Å². The zero-order valence-corrected chi connectivity index (χ0v) is 10.9. The third-order valence-electron chi connectivity index (χ3n) is 4.85. The predicted octanol–water partition coefficient (Wildman–Crippen LogP) is 2.91. The van der Waals surface area contributed by atoms with Gasteiger partial charge in [-0.2, -0.15) is 0 Å². The van der Waals surface area contributed by atoms with Crippen LogP contribution in [-0.2, 0) is 4.79 Å². The predicted molar refractivity (Wildman–Crippen MR) is 66.4 cm³/mol. The molecule has 3 rings (SSSR count). The molecule has 2 heteroatoms. The number of carbonyl (C=O) groups excluding carboxylic acids is 1. The molecule has 2 bridgehead atoms. The highest BCUT2D eigenvalue weighted by atomic mass is 16.1. The fraction of sp³-hybridized carbons (Fsp3) is 0.929. The fourth-order valence-corrected chi connectivity index (χ4v) is 3.81. The molecule has 1 N–H and O–H groups in total. The first-order valence-corrected chi connectivity index (χ1v) is 6.83. The summed E-state index contributed by atoms with van der Waals surface area (Å²) in [5.41, 5.74) is 0.444. The Bertz CT molecular complexity index is 258. The Morgan fingerprint density at radius 2 is 1.62 bits per heavy atom. The number of carbonyl (C=O) groups is 1. The number of hydrogen-bond donors (Lipinski definition) is 1. The lowest BCUT2D eigenvalue weighted by Gasteiger charge is -2.53. The van der Waals surface area contributed by atoms with Crippen LogP contribution in [0.4, 0.5) is 0 Å². The summed E-state index contributed by atoms with van der Waals surface area (Å²) < 4.78 is 0. The SMILES string of the molecule is CCNC12CCC(C(=O)C(C)C)(CC1)CC2. The monoisotopic (exact) mass is 223 g/mol. The van der Waals surface area contributed by atoms with E-state index in [9.17, 15) is 4.79 Å². The molecule has 0 atom stereocenters. The molecule has 2 nitrogen and oxygen atoms in total. The van der Waals surface area contributed by atoms with Crippen LogP contribution in [0, 0.1) is 11.3 Å². The van der Waals surface area contributed by atoms with Gasteiger partial charge in [-0.05, 0) is 45.1 Å². The highest BCUT2D eigenvalue weighted by molar-refractivity contribution is 5.86. The zero-order valence-electron chi connectivity index (χ0n) is 10.9. The van der Waals surface area contributed by atoms with Gasteiger partial charge in [-0.25, -0.2) is 0 Å². The van der Waals surface area contributed by atoms with Gasteiger partial charge in [-0.15, -0.1) is 0 Å². The van der Waals surface area contributed by atoms with E-state index in [-0.39, 0.29) is 11.3 Å². The van der Waals surface area contributed by atoms with E-state index in [2.05, 4.69) is 26.1 Å². The Morgan fingerprint density at radius 1 is 1.12 bits per heavy atom. The second-order valence-electron chi connectivity index (χ2n) is 6.11. The van der Waals surface area contributed by atoms with Crippen LogP contribution in [0.25, 0.3) is 0 Å². The lowest BCUT2D eigenvalue weighted by molar-refractivity contribution is -0.139. The minimum Gasteiger partial charge on any atom is -0.312 e. The molecule has 16 heavy (non-hydrogen) atoms. The van der Waals surface area contributed by atoms with Crippen LogP contribution in [0.5, 0.6) is 0 Å². The zero-order chi connectivity index (χ0) is 11.8. The number of hydrogen-bond acceptors (Lipinski definition) is 2. The molecule has 0 saturated heterocycles. The molecule has 0 aromatic heterocycles. The average molecular weight is 223 g/mol. The summed E-state index contributed by atoms with van der Waals surface area (Å²) in [6.45, 7) is 7.35. The van der Waals surface area contributed by atoms with E-state index >= 15 is 0 Å². The molecule has 0 spiro atoms. The Balaban J connectivity index is 2.08. The molecular weight excluding hydrogens is 198 g/mol. The second kappa shape index (κ2) is 4.14. The number of Topliss-reactive ketones (excluding diaryl/α,β-unsaturated/α-hetero) is 1. The molecule has 0 aromatic rings. The molecule has 92 valence electrons. The molecule has 0 aliphatic heterocycles. The Morgan fingerprint density at radius 3 is 2.00 bits per heavy atom. The highest BCUT2D eigenvalue weighted by Gasteiger charge is 2.51. The molecule has 0 radical (unpaired) electrons. The van der Waals surface area contributed by atoms with Crippen molar-refractivity contribution in [1.82, 2.24) is 5.32 Å². The molecule has 0 heterocycles. The normalized spacial score (nSPS) is 38.0. The van der Waals surface area contributed by atoms with Crippen LogP contribution in [0.2, 0.25) is 0 Å². The van der Waals surface area contributed by atoms with Crippen molar-refractivity contribution in [3.63, 3.8) is 0 Å². The minimum atomic E-state index is 0.0609. The Kier molecular flexibility index (Phi) is 3.13. The van der Waals surface area contributed by atoms with Crippen molar-refractivity contribution in [1.29, 1.82) is 0 Å². The van der Waals surface area contributed by atoms with Crippen molar-refractivity contribution in [2.75, 3.05) is 6.54 Å². The van der Waals surface area contributed by atoms with Crippen molar-refractivity contribution in [3.8, 4) is 0 Å². The van der Waals surface area contributed by atoms with Crippen molar-refractivity contribution in [2.45, 2.75) is 64.8 Å². The van der Waals surface area contributed by atoms with E-state index in [0.717, 1.165) is 25.8 Å². The van der Waals surface area contributed by atoms with Crippen molar-refractivity contribution >= 4 is 5.78 Å². The lowest BCUT2D eigenvalue weighted by atomic mass is 9.54. The van der Waals surface area contributed by atoms with E-state index in [1.807, 2.05) is 0 Å². The van der Waals surface area contributed by atoms with Crippen molar-refractivity contribution < 1.29 is 4.79 Å². The number of ketones is 1. The number of nitrogens with one attached hydrogen (secondary N) is 1. The molecule has 0 unspecified atom stereocenters. The van der Waals surface area contributed by atoms with Crippen LogP contribution in [-0.4, -0.2) is 17.9 Å². The Hall–Kier alpha value is -0.370. The van der Waals surface area contributed by atoms with Gasteiger partial charge in [0, 0.05) is 16.9 Å². The maximum atomic E-state index is 12.3. The molecule has 0 amide bonds. The fourth-order valence-electron chi connectivity index (χ4n) is 3.81. The molecule has 3 fully saturated rings. The minimum absolute atomic E-state index is 0.0609. The largest absolute Gasteiger partial charge is 0.312 e. The molecule has 0 aromatic carbocycles. The molecular formula is C14H25NO. The first-order chi connectivity index (χ1) is 7.54. The first kappa shape index (κ1) is 12.1. The van der Waals surface area contributed by atoms with Crippen molar-refractivity contribution in [3.05, 3.63) is 0 Å². The number of fused-ring (bicyclic) bond motifs is 3. The summed E-state index contributed by atoms with van der Waals surface area (Å²) in [4.78, 5) is 12.3. The maximum Gasteiger partial charge on any atom is 0.141 e. The maximum absolute atomic E-state index is 12.3. The molecule has 3 aliphatic rings. The van der Waals surface area contributed by atoms with E-state index in [1.165, 1.54) is 19.3 Å². The summed E-state index contributed by atoms with van der Waals surface area (Å²) in [6, 6.07) is 0. The smallest absolute Gasteiger partial charge is 0.141 e. The molecule has 3 saturated carbocycles. The first-order valence-electron chi connectivity index (χ1n) is 6.83. The van der Waals surface area contributed by atoms with Crippen LogP contribution >= 0.6 is 0 Å². The summed E-state index contributed by atoms with van der Waals surface area (Å²) >= 11 is 0. The van der Waals surface area contributed by atoms with Crippen LogP contribution < -0.4 is 5.32 Å². The van der Waals surface area contributed by atoms with Gasteiger partial charge in [-0.1, -0.05) is 20.8 Å². The topological polar surface area (TPSA) is 29.1 Å². The molecule has 3 aliphatic carbocycles. The summed E-state index contributed by atoms with van der Waals surface area (Å²) in [6.07, 6.45) is 6.99. The lowest BCUT2D eigenvalue weighted by Crippen LogP contribution is -2.57. The van der Waals surface area contributed by atoms with Gasteiger partial charge in [-0.3, -0.25) is 4.79 Å². The van der Waals surface area contributed by atoms with Gasteiger partial charge in [0.25, 0.3) is 0 Å². The number of rotatable bonds is 4. The van der Waals surface area contributed by atoms with Crippen LogP contribution in [0.15, 0.2) is 0 Å². The van der Waals surface area contributed by atoms with E-state index < -0.39 is 0 Å². The van der Waals surface area contributed by atoms with Gasteiger partial charge in [0.15, 0.2) is 0 Å². The van der Waals surface area contributed by atoms with Gasteiger partial charge in [0.1, 0.15) is 5.78 Å². The summed E-state index contributed by atoms with van der Waals surface area (Å²) in [5.74, 6) is 0.738. The standard InChI is InChI=1S/C14H25NO/c1-4-15-14-8-5-13(6-9-14,7-10-14)12(16)11(2)3/h11,15H,4-10H2,1-3H3. The van der Waals surface area contributed by atoms with E-state index in [1.54, 1.807) is 0 Å². The Labute approximate surface area is 99.2 Å². The van der Waals surface area contributed by atoms with Gasteiger partial charge >= 0.3 is 0 Å². The van der Waals surface area contributed by atoms with E-state index in [0.29, 0.717) is 11.3 Å². The summed E-state index contributed by atoms with van der Waals surface area (Å²) in [5, 5.41) is 3.66. The third-order valence-corrected chi connectivity index (χ3v) is 4.85. The van der Waals surface area contributed by atoms with Crippen molar-refractivity contribution in [2.24, 2.45) is 11.3 Å². The van der Waals surface area contributed by atoms with Crippen LogP contribution in [0.1, 0.15) is 59.3 Å². The van der Waals surface area contributed by atoms with E-state index in [4.69, 9.17) is 0 Å². The average Bonchev–Trinajstić information content (AvgIpc) is 2.30. The quantitative estimate of drug-likeness (QED) is 0.794. The second-order valence-corrected chi connectivity index (χ2v) is 6.11. The third kappa shape index (κ3) is 1.81. The van der Waals surface area contributed by atoms with Crippen LogP contribution in [0.3, 0.4) is 0 Å². The summed E-state index contributed by atoms with van der Waals surface area (Å²) in [7, 11) is 0. The van der Waals surface area contributed by atoms with Gasteiger partial charge in [0.05, 0.1) is 0 Å².